The first-order valence-corrected chi connectivity index (χ1v) is 5.91. The fourth-order valence-corrected chi connectivity index (χ4v) is 1.54. The van der Waals surface area contributed by atoms with Gasteiger partial charge in [0.2, 0.25) is 0 Å². The molecule has 2 nitrogen and oxygen atoms in total. The van der Waals surface area contributed by atoms with Gasteiger partial charge in [-0.2, -0.15) is 13.2 Å². The highest BCUT2D eigenvalue weighted by Gasteiger charge is 2.33. The van der Waals surface area contributed by atoms with Crippen molar-refractivity contribution in [2.45, 2.75) is 32.0 Å². The minimum Gasteiger partial charge on any atom is -0.493 e. The van der Waals surface area contributed by atoms with Gasteiger partial charge in [-0.15, -0.1) is 0 Å². The van der Waals surface area contributed by atoms with Crippen molar-refractivity contribution < 1.29 is 17.9 Å². The molecule has 0 saturated carbocycles. The molecule has 1 rings (SSSR count). The van der Waals surface area contributed by atoms with Crippen molar-refractivity contribution in [3.8, 4) is 5.75 Å². The largest absolute Gasteiger partial charge is 0.493 e. The molecule has 18 heavy (non-hydrogen) atoms. The van der Waals surface area contributed by atoms with E-state index in [1.54, 1.807) is 6.07 Å². The molecule has 0 bridgehead atoms. The van der Waals surface area contributed by atoms with E-state index in [1.807, 2.05) is 14.0 Å². The summed E-state index contributed by atoms with van der Waals surface area (Å²) in [5.41, 5.74) is -0.716. The lowest BCUT2D eigenvalue weighted by Crippen LogP contribution is -2.21. The second kappa shape index (κ2) is 6.64. The molecule has 0 fully saturated rings. The van der Waals surface area contributed by atoms with Crippen LogP contribution in [0.25, 0.3) is 0 Å². The lowest BCUT2D eigenvalue weighted by molar-refractivity contribution is -0.138. The maximum atomic E-state index is 12.7. The average Bonchev–Trinajstić information content (AvgIpc) is 2.33. The van der Waals surface area contributed by atoms with Gasteiger partial charge in [-0.3, -0.25) is 0 Å². The normalized spacial score (nSPS) is 13.4. The minimum absolute atomic E-state index is 0.0953. The van der Waals surface area contributed by atoms with Gasteiger partial charge in [0.1, 0.15) is 5.75 Å². The number of halogens is 3. The smallest absolute Gasteiger partial charge is 0.419 e. The van der Waals surface area contributed by atoms with E-state index in [9.17, 15) is 13.2 Å². The van der Waals surface area contributed by atoms with Gasteiger partial charge in [0.25, 0.3) is 0 Å². The van der Waals surface area contributed by atoms with Gasteiger partial charge in [-0.1, -0.05) is 12.1 Å². The Bertz CT molecular complexity index is 365. The standard InChI is InChI=1S/C13H18F3NO/c1-10(17-2)6-5-9-18-12-8-4-3-7-11(12)13(14,15)16/h3-4,7-8,10,17H,5-6,9H2,1-2H3. The van der Waals surface area contributed by atoms with E-state index in [4.69, 9.17) is 4.74 Å². The predicted molar refractivity (Wildman–Crippen MR) is 64.7 cm³/mol. The molecule has 0 aliphatic rings. The molecule has 0 aliphatic heterocycles. The molecule has 0 saturated heterocycles. The van der Waals surface area contributed by atoms with Gasteiger partial charge < -0.3 is 10.1 Å². The van der Waals surface area contributed by atoms with Crippen LogP contribution in [0.3, 0.4) is 0 Å². The Morgan fingerprint density at radius 2 is 1.94 bits per heavy atom. The van der Waals surface area contributed by atoms with Crippen molar-refractivity contribution in [2.24, 2.45) is 0 Å². The molecule has 0 heterocycles. The maximum absolute atomic E-state index is 12.7. The molecule has 0 aromatic heterocycles. The molecule has 0 spiro atoms. The van der Waals surface area contributed by atoms with Crippen LogP contribution in [0.15, 0.2) is 24.3 Å². The Morgan fingerprint density at radius 3 is 2.56 bits per heavy atom. The van der Waals surface area contributed by atoms with Crippen LogP contribution in [0.1, 0.15) is 25.3 Å². The quantitative estimate of drug-likeness (QED) is 0.792. The molecule has 1 unspecified atom stereocenters. The van der Waals surface area contributed by atoms with Crippen molar-refractivity contribution in [1.82, 2.24) is 5.32 Å². The fraction of sp³-hybridized carbons (Fsp3) is 0.538. The van der Waals surface area contributed by atoms with Gasteiger partial charge in [0, 0.05) is 6.04 Å². The molecule has 102 valence electrons. The van der Waals surface area contributed by atoms with Crippen LogP contribution in [0.5, 0.6) is 5.75 Å². The Hall–Kier alpha value is -1.23. The van der Waals surface area contributed by atoms with E-state index in [0.717, 1.165) is 12.5 Å². The van der Waals surface area contributed by atoms with E-state index in [-0.39, 0.29) is 5.75 Å². The van der Waals surface area contributed by atoms with Crippen LogP contribution in [-0.2, 0) is 6.18 Å². The number of rotatable bonds is 6. The third kappa shape index (κ3) is 4.56. The highest BCUT2D eigenvalue weighted by atomic mass is 19.4. The zero-order valence-corrected chi connectivity index (χ0v) is 10.6. The van der Waals surface area contributed by atoms with Crippen LogP contribution in [0.2, 0.25) is 0 Å². The van der Waals surface area contributed by atoms with Crippen LogP contribution in [0, 0.1) is 0 Å². The van der Waals surface area contributed by atoms with Gasteiger partial charge in [0.05, 0.1) is 12.2 Å². The first-order valence-electron chi connectivity index (χ1n) is 5.91. The Balaban J connectivity index is 2.52. The first kappa shape index (κ1) is 14.8. The number of hydrogen-bond donors (Lipinski definition) is 1. The number of ether oxygens (including phenoxy) is 1. The van der Waals surface area contributed by atoms with Gasteiger partial charge in [0.15, 0.2) is 0 Å². The third-order valence-corrected chi connectivity index (χ3v) is 2.72. The number of para-hydroxylation sites is 1. The van der Waals surface area contributed by atoms with Crippen molar-refractivity contribution in [3.63, 3.8) is 0 Å². The zero-order valence-electron chi connectivity index (χ0n) is 10.6. The summed E-state index contributed by atoms with van der Waals surface area (Å²) < 4.78 is 43.2. The van der Waals surface area contributed by atoms with Crippen molar-refractivity contribution >= 4 is 0 Å². The van der Waals surface area contributed by atoms with E-state index in [2.05, 4.69) is 5.32 Å². The van der Waals surface area contributed by atoms with Crippen molar-refractivity contribution in [3.05, 3.63) is 29.8 Å². The lowest BCUT2D eigenvalue weighted by Gasteiger charge is -2.14. The van der Waals surface area contributed by atoms with E-state index in [1.165, 1.54) is 12.1 Å². The summed E-state index contributed by atoms with van der Waals surface area (Å²) in [6.45, 7) is 2.31. The number of hydrogen-bond acceptors (Lipinski definition) is 2. The van der Waals surface area contributed by atoms with Crippen LogP contribution < -0.4 is 10.1 Å². The number of alkyl halides is 3. The minimum atomic E-state index is -4.37. The molecular weight excluding hydrogens is 243 g/mol. The Morgan fingerprint density at radius 1 is 1.28 bits per heavy atom. The Labute approximate surface area is 105 Å². The summed E-state index contributed by atoms with van der Waals surface area (Å²) >= 11 is 0. The first-order chi connectivity index (χ1) is 8.45. The maximum Gasteiger partial charge on any atom is 0.419 e. The lowest BCUT2D eigenvalue weighted by atomic mass is 10.2. The summed E-state index contributed by atoms with van der Waals surface area (Å²) in [4.78, 5) is 0. The average molecular weight is 261 g/mol. The number of benzene rings is 1. The summed E-state index contributed by atoms with van der Waals surface area (Å²) in [5.74, 6) is -0.0953. The molecule has 1 atom stereocenters. The van der Waals surface area contributed by atoms with Gasteiger partial charge in [-0.05, 0) is 38.9 Å². The zero-order chi connectivity index (χ0) is 13.6. The van der Waals surface area contributed by atoms with Crippen LogP contribution >= 0.6 is 0 Å². The van der Waals surface area contributed by atoms with Crippen LogP contribution in [-0.4, -0.2) is 19.7 Å². The molecule has 0 radical (unpaired) electrons. The van der Waals surface area contributed by atoms with Crippen LogP contribution in [0.4, 0.5) is 13.2 Å². The van der Waals surface area contributed by atoms with E-state index in [0.29, 0.717) is 19.1 Å². The summed E-state index contributed by atoms with van der Waals surface area (Å²) in [5, 5.41) is 3.06. The van der Waals surface area contributed by atoms with Crippen molar-refractivity contribution in [2.75, 3.05) is 13.7 Å². The summed E-state index contributed by atoms with van der Waals surface area (Å²) in [6, 6.07) is 5.63. The predicted octanol–water partition coefficient (Wildman–Crippen LogP) is 3.47. The van der Waals surface area contributed by atoms with Crippen molar-refractivity contribution in [1.29, 1.82) is 0 Å². The van der Waals surface area contributed by atoms with Gasteiger partial charge in [-0.25, -0.2) is 0 Å². The molecule has 1 aromatic rings. The van der Waals surface area contributed by atoms with Gasteiger partial charge >= 0.3 is 6.18 Å². The molecule has 1 aromatic carbocycles. The molecular formula is C13H18F3NO. The van der Waals surface area contributed by atoms with E-state index < -0.39 is 11.7 Å². The second-order valence-electron chi connectivity index (χ2n) is 4.17. The molecule has 5 heteroatoms. The third-order valence-electron chi connectivity index (χ3n) is 2.72. The van der Waals surface area contributed by atoms with E-state index >= 15 is 0 Å². The summed E-state index contributed by atoms with van der Waals surface area (Å²) in [7, 11) is 1.85. The molecule has 0 amide bonds. The topological polar surface area (TPSA) is 21.3 Å². The Kier molecular flexibility index (Phi) is 5.47. The molecule has 0 aliphatic carbocycles. The SMILES string of the molecule is CNC(C)CCCOc1ccccc1C(F)(F)F. The highest BCUT2D eigenvalue weighted by Crippen LogP contribution is 2.35. The monoisotopic (exact) mass is 261 g/mol. The second-order valence-corrected chi connectivity index (χ2v) is 4.17. The number of nitrogens with one attached hydrogen (secondary N) is 1. The highest BCUT2D eigenvalue weighted by molar-refractivity contribution is 5.35. The summed E-state index contributed by atoms with van der Waals surface area (Å²) in [6.07, 6.45) is -2.78. The fourth-order valence-electron chi connectivity index (χ4n) is 1.54. The molecule has 1 N–H and O–H groups in total.